The van der Waals surface area contributed by atoms with Crippen molar-refractivity contribution in [3.63, 3.8) is 0 Å². The van der Waals surface area contributed by atoms with Crippen LogP contribution in [0.3, 0.4) is 0 Å². The second-order valence-electron chi connectivity index (χ2n) is 8.07. The Hall–Kier alpha value is -2.49. The van der Waals surface area contributed by atoms with Crippen LogP contribution in [0.15, 0.2) is 69.5 Å². The van der Waals surface area contributed by atoms with Gasteiger partial charge in [-0.25, -0.2) is 4.79 Å². The Kier molecular flexibility index (Phi) is 9.04. The maximum atomic E-state index is 11.4. The third kappa shape index (κ3) is 7.80. The normalized spacial score (nSPS) is 17.9. The van der Waals surface area contributed by atoms with Gasteiger partial charge in [-0.2, -0.15) is 0 Å². The number of carbonyl (C=O) groups is 1. The van der Waals surface area contributed by atoms with E-state index in [0.29, 0.717) is 17.3 Å². The van der Waals surface area contributed by atoms with E-state index in [2.05, 4.69) is 32.9 Å². The van der Waals surface area contributed by atoms with E-state index in [1.165, 1.54) is 16.7 Å². The zero-order valence-electron chi connectivity index (χ0n) is 18.2. The van der Waals surface area contributed by atoms with E-state index in [9.17, 15) is 9.90 Å². The number of cyclic esters (lactones) is 1. The third-order valence-corrected chi connectivity index (χ3v) is 5.32. The number of aliphatic hydroxyl groups excluding tert-OH is 1. The molecule has 4 heteroatoms. The monoisotopic (exact) mass is 398 g/mol. The molecule has 1 aromatic rings. The maximum Gasteiger partial charge on any atom is 0.379 e. The first kappa shape index (κ1) is 22.8. The molecule has 158 valence electrons. The first-order chi connectivity index (χ1) is 13.9. The Bertz CT molecular complexity index is 791. The molecule has 0 fully saturated rings. The average molecular weight is 399 g/mol. The van der Waals surface area contributed by atoms with Crippen LogP contribution in [-0.2, 0) is 16.0 Å². The number of rotatable bonds is 11. The summed E-state index contributed by atoms with van der Waals surface area (Å²) in [6.45, 7) is 8.22. The van der Waals surface area contributed by atoms with Gasteiger partial charge in [0.15, 0.2) is 0 Å². The van der Waals surface area contributed by atoms with E-state index in [4.69, 9.17) is 9.15 Å². The van der Waals surface area contributed by atoms with E-state index < -0.39 is 5.97 Å². The van der Waals surface area contributed by atoms with Crippen molar-refractivity contribution < 1.29 is 19.1 Å². The maximum absolute atomic E-state index is 11.4. The summed E-state index contributed by atoms with van der Waals surface area (Å²) < 4.78 is 10.2. The summed E-state index contributed by atoms with van der Waals surface area (Å²) in [5.41, 5.74) is 4.66. The smallest absolute Gasteiger partial charge is 0.379 e. The number of ether oxygens (including phenoxy) is 1. The minimum Gasteiger partial charge on any atom is -0.502 e. The molecule has 4 nitrogen and oxygen atoms in total. The second kappa shape index (κ2) is 11.5. The van der Waals surface area contributed by atoms with Gasteiger partial charge in [0.2, 0.25) is 5.76 Å². The van der Waals surface area contributed by atoms with Crippen molar-refractivity contribution in [2.75, 3.05) is 0 Å². The van der Waals surface area contributed by atoms with Crippen molar-refractivity contribution in [3.8, 4) is 0 Å². The molecule has 0 aromatic carbocycles. The molecule has 1 atom stereocenters. The molecule has 1 aromatic heterocycles. The van der Waals surface area contributed by atoms with Crippen LogP contribution in [0, 0.1) is 5.92 Å². The highest BCUT2D eigenvalue weighted by atomic mass is 16.6. The van der Waals surface area contributed by atoms with E-state index in [1.54, 1.807) is 13.2 Å². The number of furan rings is 1. The molecule has 0 saturated carbocycles. The summed E-state index contributed by atoms with van der Waals surface area (Å²) in [6.07, 6.45) is 17.6. The fourth-order valence-electron chi connectivity index (χ4n) is 3.37. The molecule has 2 rings (SSSR count). The number of hydrogen-bond acceptors (Lipinski definition) is 4. The third-order valence-electron chi connectivity index (χ3n) is 5.32. The van der Waals surface area contributed by atoms with Gasteiger partial charge in [0.25, 0.3) is 0 Å². The first-order valence-electron chi connectivity index (χ1n) is 10.5. The number of allylic oxidation sites excluding steroid dienone is 6. The predicted octanol–water partition coefficient (Wildman–Crippen LogP) is 6.96. The Morgan fingerprint density at radius 2 is 1.90 bits per heavy atom. The number of esters is 1. The fourth-order valence-corrected chi connectivity index (χ4v) is 3.37. The van der Waals surface area contributed by atoms with Crippen LogP contribution in [0.1, 0.15) is 71.8 Å². The molecular formula is C25H34O4. The molecule has 0 amide bonds. The largest absolute Gasteiger partial charge is 0.502 e. The minimum atomic E-state index is -0.648. The summed E-state index contributed by atoms with van der Waals surface area (Å²) in [5, 5.41) is 9.56. The number of hydrogen-bond donors (Lipinski definition) is 1. The van der Waals surface area contributed by atoms with Gasteiger partial charge in [-0.1, -0.05) is 30.2 Å². The Morgan fingerprint density at radius 1 is 1.17 bits per heavy atom. The van der Waals surface area contributed by atoms with Crippen molar-refractivity contribution in [1.82, 2.24) is 0 Å². The van der Waals surface area contributed by atoms with E-state index >= 15 is 0 Å². The molecule has 0 spiro atoms. The predicted molar refractivity (Wildman–Crippen MR) is 116 cm³/mol. The SMILES string of the molecule is CC1=C(O)C(=O)O/C1=C\[C@@H](C)CCC/C(C)=C/CC/C(C)=C/CCc1ccoc1. The number of carbonyl (C=O) groups excluding carboxylic acids is 1. The van der Waals surface area contributed by atoms with E-state index in [0.717, 1.165) is 44.9 Å². The Labute approximate surface area is 174 Å². The molecule has 0 bridgehead atoms. The van der Waals surface area contributed by atoms with Gasteiger partial charge < -0.3 is 14.3 Å². The molecule has 29 heavy (non-hydrogen) atoms. The molecule has 0 saturated heterocycles. The van der Waals surface area contributed by atoms with Crippen LogP contribution < -0.4 is 0 Å². The highest BCUT2D eigenvalue weighted by Crippen LogP contribution is 2.26. The molecule has 0 unspecified atom stereocenters. The zero-order valence-corrected chi connectivity index (χ0v) is 18.2. The topological polar surface area (TPSA) is 59.7 Å². The average Bonchev–Trinajstić information content (AvgIpc) is 3.27. The standard InChI is InChI=1S/C25H34O4/c1-18(8-5-9-19(2)11-7-13-22-14-15-28-17-22)10-6-12-20(3)16-23-21(4)24(26)25(27)29-23/h8,11,14-17,20,26H,5-7,9-10,12-13H2,1-4H3/b18-8+,19-11+,23-16-/t20-/m0/s1. The van der Waals surface area contributed by atoms with Gasteiger partial charge in [-0.15, -0.1) is 0 Å². The van der Waals surface area contributed by atoms with Crippen molar-refractivity contribution in [2.45, 2.75) is 72.6 Å². The molecule has 1 aliphatic rings. The minimum absolute atomic E-state index is 0.270. The lowest BCUT2D eigenvalue weighted by molar-refractivity contribution is -0.135. The summed E-state index contributed by atoms with van der Waals surface area (Å²) in [4.78, 5) is 11.4. The van der Waals surface area contributed by atoms with Gasteiger partial charge >= 0.3 is 5.97 Å². The number of aliphatic hydroxyl groups is 1. The van der Waals surface area contributed by atoms with Gasteiger partial charge in [0.05, 0.1) is 12.5 Å². The van der Waals surface area contributed by atoms with Crippen molar-refractivity contribution in [2.24, 2.45) is 5.92 Å². The first-order valence-corrected chi connectivity index (χ1v) is 10.5. The van der Waals surface area contributed by atoms with E-state index in [1.807, 2.05) is 18.4 Å². The Balaban J connectivity index is 1.63. The van der Waals surface area contributed by atoms with Crippen LogP contribution >= 0.6 is 0 Å². The quantitative estimate of drug-likeness (QED) is 0.323. The molecule has 0 aliphatic carbocycles. The lowest BCUT2D eigenvalue weighted by Gasteiger charge is -2.08. The second-order valence-corrected chi connectivity index (χ2v) is 8.07. The van der Waals surface area contributed by atoms with Crippen LogP contribution in [0.4, 0.5) is 0 Å². The van der Waals surface area contributed by atoms with Crippen molar-refractivity contribution in [3.05, 3.63) is 70.6 Å². The van der Waals surface area contributed by atoms with Crippen LogP contribution in [-0.4, -0.2) is 11.1 Å². The van der Waals surface area contributed by atoms with Crippen LogP contribution in [0.5, 0.6) is 0 Å². The molecule has 1 aliphatic heterocycles. The van der Waals surface area contributed by atoms with Gasteiger partial charge in [-0.05, 0) is 89.3 Å². The molecule has 1 N–H and O–H groups in total. The highest BCUT2D eigenvalue weighted by molar-refractivity contribution is 5.91. The lowest BCUT2D eigenvalue weighted by atomic mass is 9.99. The van der Waals surface area contributed by atoms with E-state index in [-0.39, 0.29) is 5.76 Å². The summed E-state index contributed by atoms with van der Waals surface area (Å²) in [7, 11) is 0. The lowest BCUT2D eigenvalue weighted by Crippen LogP contribution is -1.98. The molecular weight excluding hydrogens is 364 g/mol. The van der Waals surface area contributed by atoms with Crippen LogP contribution in [0.2, 0.25) is 0 Å². The van der Waals surface area contributed by atoms with Crippen molar-refractivity contribution in [1.29, 1.82) is 0 Å². The molecule has 2 heterocycles. The number of aryl methyl sites for hydroxylation is 1. The summed E-state index contributed by atoms with van der Waals surface area (Å²) in [5.74, 6) is -0.118. The zero-order chi connectivity index (χ0) is 21.2. The van der Waals surface area contributed by atoms with Gasteiger partial charge in [0, 0.05) is 5.57 Å². The Morgan fingerprint density at radius 3 is 2.55 bits per heavy atom. The fraction of sp³-hybridized carbons (Fsp3) is 0.480. The van der Waals surface area contributed by atoms with Crippen LogP contribution in [0.25, 0.3) is 0 Å². The highest BCUT2D eigenvalue weighted by Gasteiger charge is 2.26. The summed E-state index contributed by atoms with van der Waals surface area (Å²) in [6, 6.07) is 2.02. The van der Waals surface area contributed by atoms with Crippen molar-refractivity contribution >= 4 is 5.97 Å². The molecule has 0 radical (unpaired) electrons. The van der Waals surface area contributed by atoms with Gasteiger partial charge in [0.1, 0.15) is 5.76 Å². The van der Waals surface area contributed by atoms with Gasteiger partial charge in [-0.3, -0.25) is 0 Å². The summed E-state index contributed by atoms with van der Waals surface area (Å²) >= 11 is 0.